The van der Waals surface area contributed by atoms with Crippen molar-refractivity contribution in [2.75, 3.05) is 5.73 Å². The normalized spacial score (nSPS) is 10.6. The van der Waals surface area contributed by atoms with Gasteiger partial charge in [-0.2, -0.15) is 0 Å². The summed E-state index contributed by atoms with van der Waals surface area (Å²) in [5.74, 6) is 1.63. The fourth-order valence-corrected chi connectivity index (χ4v) is 2.79. The van der Waals surface area contributed by atoms with Gasteiger partial charge in [0, 0.05) is 17.7 Å². The van der Waals surface area contributed by atoms with E-state index in [4.69, 9.17) is 19.7 Å². The molecule has 0 radical (unpaired) electrons. The number of anilines is 1. The number of rotatable bonds is 7. The molecule has 0 aliphatic rings. The molecule has 1 heterocycles. The zero-order valence-corrected chi connectivity index (χ0v) is 15.2. The van der Waals surface area contributed by atoms with Gasteiger partial charge in [-0.1, -0.05) is 65.8 Å². The molecule has 0 spiro atoms. The molecule has 4 rings (SSSR count). The molecule has 5 heteroatoms. The van der Waals surface area contributed by atoms with E-state index in [0.29, 0.717) is 30.4 Å². The summed E-state index contributed by atoms with van der Waals surface area (Å²) in [6.07, 6.45) is 0. The van der Waals surface area contributed by atoms with Crippen molar-refractivity contribution in [2.45, 2.75) is 13.2 Å². The van der Waals surface area contributed by atoms with Crippen molar-refractivity contribution in [2.24, 2.45) is 0 Å². The van der Waals surface area contributed by atoms with Gasteiger partial charge in [0.2, 0.25) is 5.88 Å². The van der Waals surface area contributed by atoms with Crippen LogP contribution < -0.4 is 15.2 Å². The Balaban J connectivity index is 1.57. The molecule has 0 bridgehead atoms. The highest BCUT2D eigenvalue weighted by atomic mass is 16.5. The highest BCUT2D eigenvalue weighted by molar-refractivity contribution is 5.65. The minimum atomic E-state index is 0.261. The second kappa shape index (κ2) is 8.31. The van der Waals surface area contributed by atoms with Gasteiger partial charge in [-0.3, -0.25) is 0 Å². The molecule has 0 atom stereocenters. The number of nitrogens with two attached hydrogens (primary N) is 1. The zero-order valence-electron chi connectivity index (χ0n) is 15.2. The number of benzene rings is 3. The standard InChI is InChI=1S/C23H20N2O3/c24-23-14-22(25-28-23)19-11-20(26-15-17-7-3-1-4-8-17)13-21(12-19)27-16-18-9-5-2-6-10-18/h1-14H,15-16,24H2. The van der Waals surface area contributed by atoms with Crippen molar-refractivity contribution in [1.29, 1.82) is 0 Å². The molecule has 0 aliphatic carbocycles. The quantitative estimate of drug-likeness (QED) is 0.490. The Labute approximate surface area is 163 Å². The van der Waals surface area contributed by atoms with E-state index < -0.39 is 0 Å². The maximum absolute atomic E-state index is 5.98. The first-order valence-electron chi connectivity index (χ1n) is 8.97. The summed E-state index contributed by atoms with van der Waals surface area (Å²) >= 11 is 0. The van der Waals surface area contributed by atoms with Gasteiger partial charge in [-0.05, 0) is 23.3 Å². The summed E-state index contributed by atoms with van der Waals surface area (Å²) in [6.45, 7) is 0.923. The van der Waals surface area contributed by atoms with Crippen molar-refractivity contribution in [1.82, 2.24) is 5.16 Å². The summed E-state index contributed by atoms with van der Waals surface area (Å²) in [7, 11) is 0. The van der Waals surface area contributed by atoms with E-state index in [1.807, 2.05) is 78.9 Å². The monoisotopic (exact) mass is 372 g/mol. The maximum Gasteiger partial charge on any atom is 0.222 e. The van der Waals surface area contributed by atoms with E-state index in [2.05, 4.69) is 5.16 Å². The largest absolute Gasteiger partial charge is 0.489 e. The second-order valence-electron chi connectivity index (χ2n) is 6.36. The maximum atomic E-state index is 5.98. The SMILES string of the molecule is Nc1cc(-c2cc(OCc3ccccc3)cc(OCc3ccccc3)c2)no1. The van der Waals surface area contributed by atoms with E-state index in [1.54, 1.807) is 6.07 Å². The van der Waals surface area contributed by atoms with Crippen LogP contribution in [-0.4, -0.2) is 5.16 Å². The Kier molecular flexibility index (Phi) is 5.24. The van der Waals surface area contributed by atoms with Crippen molar-refractivity contribution >= 4 is 5.88 Å². The predicted octanol–water partition coefficient (Wildman–Crippen LogP) is 5.08. The fourth-order valence-electron chi connectivity index (χ4n) is 2.79. The van der Waals surface area contributed by atoms with Crippen molar-refractivity contribution in [3.63, 3.8) is 0 Å². The van der Waals surface area contributed by atoms with E-state index in [-0.39, 0.29) is 5.88 Å². The molecule has 0 fully saturated rings. The van der Waals surface area contributed by atoms with Crippen LogP contribution in [0.5, 0.6) is 11.5 Å². The molecular weight excluding hydrogens is 352 g/mol. The molecule has 0 aliphatic heterocycles. The lowest BCUT2D eigenvalue weighted by atomic mass is 10.1. The van der Waals surface area contributed by atoms with Gasteiger partial charge in [-0.25, -0.2) is 0 Å². The van der Waals surface area contributed by atoms with Crippen molar-refractivity contribution in [3.8, 4) is 22.8 Å². The Morgan fingerprint density at radius 3 is 1.71 bits per heavy atom. The third kappa shape index (κ3) is 4.51. The van der Waals surface area contributed by atoms with Crippen LogP contribution in [0.25, 0.3) is 11.3 Å². The molecule has 3 aromatic carbocycles. The summed E-state index contributed by atoms with van der Waals surface area (Å²) in [4.78, 5) is 0. The molecule has 4 aromatic rings. The summed E-state index contributed by atoms with van der Waals surface area (Å²) < 4.78 is 17.0. The molecule has 0 unspecified atom stereocenters. The summed E-state index contributed by atoms with van der Waals surface area (Å²) in [6, 6.07) is 27.4. The van der Waals surface area contributed by atoms with Crippen LogP contribution in [0.1, 0.15) is 11.1 Å². The van der Waals surface area contributed by atoms with Crippen molar-refractivity contribution in [3.05, 3.63) is 96.1 Å². The van der Waals surface area contributed by atoms with Gasteiger partial charge in [0.15, 0.2) is 0 Å². The smallest absolute Gasteiger partial charge is 0.222 e. The third-order valence-electron chi connectivity index (χ3n) is 4.20. The van der Waals surface area contributed by atoms with Crippen LogP contribution in [0.15, 0.2) is 89.5 Å². The first-order valence-corrected chi connectivity index (χ1v) is 8.97. The van der Waals surface area contributed by atoms with Crippen LogP contribution >= 0.6 is 0 Å². The lowest BCUT2D eigenvalue weighted by Crippen LogP contribution is -1.98. The van der Waals surface area contributed by atoms with Crippen molar-refractivity contribution < 1.29 is 14.0 Å². The molecule has 5 nitrogen and oxygen atoms in total. The Hall–Kier alpha value is -3.73. The van der Waals surface area contributed by atoms with Gasteiger partial charge >= 0.3 is 0 Å². The van der Waals surface area contributed by atoms with E-state index in [9.17, 15) is 0 Å². The molecule has 0 saturated carbocycles. The molecule has 0 saturated heterocycles. The highest BCUT2D eigenvalue weighted by Crippen LogP contribution is 2.31. The Morgan fingerprint density at radius 1 is 0.714 bits per heavy atom. The number of nitrogens with zero attached hydrogens (tertiary/aromatic N) is 1. The first kappa shape index (κ1) is 17.7. The topological polar surface area (TPSA) is 70.5 Å². The first-order chi connectivity index (χ1) is 13.8. The van der Waals surface area contributed by atoms with E-state index in [1.165, 1.54) is 0 Å². The molecular formula is C23H20N2O3. The van der Waals surface area contributed by atoms with Crippen LogP contribution in [0, 0.1) is 0 Å². The average molecular weight is 372 g/mol. The second-order valence-corrected chi connectivity index (χ2v) is 6.36. The Morgan fingerprint density at radius 2 is 1.25 bits per heavy atom. The van der Waals surface area contributed by atoms with Crippen LogP contribution in [0.2, 0.25) is 0 Å². The number of nitrogen functional groups attached to an aromatic ring is 1. The van der Waals surface area contributed by atoms with Gasteiger partial charge in [0.25, 0.3) is 0 Å². The third-order valence-corrected chi connectivity index (χ3v) is 4.20. The number of hydrogen-bond donors (Lipinski definition) is 1. The Bertz CT molecular complexity index is 968. The predicted molar refractivity (Wildman–Crippen MR) is 108 cm³/mol. The van der Waals surface area contributed by atoms with Gasteiger partial charge < -0.3 is 19.7 Å². The number of aromatic nitrogens is 1. The van der Waals surface area contributed by atoms with Crippen LogP contribution in [0.4, 0.5) is 5.88 Å². The van der Waals surface area contributed by atoms with E-state index >= 15 is 0 Å². The molecule has 1 aromatic heterocycles. The zero-order chi connectivity index (χ0) is 19.2. The lowest BCUT2D eigenvalue weighted by Gasteiger charge is -2.12. The van der Waals surface area contributed by atoms with Gasteiger partial charge in [0.1, 0.15) is 30.4 Å². The van der Waals surface area contributed by atoms with E-state index in [0.717, 1.165) is 16.7 Å². The highest BCUT2D eigenvalue weighted by Gasteiger charge is 2.10. The summed E-state index contributed by atoms with van der Waals surface area (Å²) in [5.41, 5.74) is 9.29. The molecule has 0 amide bonds. The molecule has 140 valence electrons. The minimum absolute atomic E-state index is 0.261. The summed E-state index contributed by atoms with van der Waals surface area (Å²) in [5, 5.41) is 3.99. The minimum Gasteiger partial charge on any atom is -0.489 e. The van der Waals surface area contributed by atoms with Gasteiger partial charge in [-0.15, -0.1) is 0 Å². The van der Waals surface area contributed by atoms with Crippen LogP contribution in [0.3, 0.4) is 0 Å². The molecule has 2 N–H and O–H groups in total. The van der Waals surface area contributed by atoms with Crippen LogP contribution in [-0.2, 0) is 13.2 Å². The number of ether oxygens (including phenoxy) is 2. The fraction of sp³-hybridized carbons (Fsp3) is 0.0870. The lowest BCUT2D eigenvalue weighted by molar-refractivity contribution is 0.290. The average Bonchev–Trinajstić information content (AvgIpc) is 3.19. The van der Waals surface area contributed by atoms with Gasteiger partial charge in [0.05, 0.1) is 0 Å². The number of hydrogen-bond acceptors (Lipinski definition) is 5. The molecule has 28 heavy (non-hydrogen) atoms.